The smallest absolute Gasteiger partial charge is 0.322 e. The second-order valence-electron chi connectivity index (χ2n) is 7.48. The van der Waals surface area contributed by atoms with E-state index in [9.17, 15) is 4.79 Å². The van der Waals surface area contributed by atoms with E-state index in [-0.39, 0.29) is 6.03 Å². The van der Waals surface area contributed by atoms with E-state index in [1.165, 1.54) is 32.1 Å². The Bertz CT molecular complexity index is 615. The fourth-order valence-corrected chi connectivity index (χ4v) is 3.89. The number of halogens is 1. The van der Waals surface area contributed by atoms with E-state index in [1.807, 2.05) is 19.1 Å². The van der Waals surface area contributed by atoms with Crippen LogP contribution in [0.15, 0.2) is 18.2 Å². The number of hydrogen-bond donors (Lipinski definition) is 1. The Morgan fingerprint density at radius 3 is 2.67 bits per heavy atom. The first-order chi connectivity index (χ1) is 13.2. The van der Waals surface area contributed by atoms with Crippen LogP contribution in [0.2, 0.25) is 5.02 Å². The first-order valence-corrected chi connectivity index (χ1v) is 10.6. The molecule has 0 bridgehead atoms. The topological polar surface area (TPSA) is 50.8 Å². The van der Waals surface area contributed by atoms with Crippen molar-refractivity contribution in [2.75, 3.05) is 31.7 Å². The number of urea groups is 1. The van der Waals surface area contributed by atoms with Crippen molar-refractivity contribution in [2.45, 2.75) is 57.9 Å². The summed E-state index contributed by atoms with van der Waals surface area (Å²) < 4.78 is 11.1. The average Bonchev–Trinajstić information content (AvgIpc) is 3.50. The van der Waals surface area contributed by atoms with Crippen LogP contribution in [-0.2, 0) is 4.74 Å². The van der Waals surface area contributed by atoms with Gasteiger partial charge >= 0.3 is 6.03 Å². The summed E-state index contributed by atoms with van der Waals surface area (Å²) >= 11 is 6.32. The van der Waals surface area contributed by atoms with E-state index < -0.39 is 0 Å². The van der Waals surface area contributed by atoms with Crippen LogP contribution < -0.4 is 10.1 Å². The number of benzene rings is 1. The third-order valence-electron chi connectivity index (χ3n) is 5.31. The SMILES string of the molecule is CCOCCOc1c(Cl)cccc1NC(=O)N(CC1CC1)C1CCCCC1. The molecular formula is C21H31ClN2O3. The second-order valence-corrected chi connectivity index (χ2v) is 7.89. The average molecular weight is 395 g/mol. The molecule has 0 aromatic heterocycles. The van der Waals surface area contributed by atoms with Crippen molar-refractivity contribution in [1.82, 2.24) is 4.90 Å². The molecule has 0 saturated heterocycles. The number of para-hydroxylation sites is 1. The van der Waals surface area contributed by atoms with Crippen molar-refractivity contribution in [1.29, 1.82) is 0 Å². The molecule has 150 valence electrons. The molecule has 0 spiro atoms. The summed E-state index contributed by atoms with van der Waals surface area (Å²) in [6, 6.07) is 5.76. The number of carbonyl (C=O) groups is 1. The van der Waals surface area contributed by atoms with Crippen molar-refractivity contribution < 1.29 is 14.3 Å². The van der Waals surface area contributed by atoms with Crippen molar-refractivity contribution in [3.05, 3.63) is 23.2 Å². The minimum atomic E-state index is -0.0364. The predicted octanol–water partition coefficient (Wildman–Crippen LogP) is 5.33. The summed E-state index contributed by atoms with van der Waals surface area (Å²) in [5, 5.41) is 3.56. The largest absolute Gasteiger partial charge is 0.487 e. The zero-order chi connectivity index (χ0) is 19.1. The van der Waals surface area contributed by atoms with Crippen LogP contribution in [0.3, 0.4) is 0 Å². The standard InChI is InChI=1S/C21H31ClN2O3/c1-2-26-13-14-27-20-18(22)9-6-10-19(20)23-21(25)24(15-16-11-12-16)17-7-4-3-5-8-17/h6,9-10,16-17H,2-5,7-8,11-15H2,1H3,(H,23,25). The molecule has 6 heteroatoms. The lowest BCUT2D eigenvalue weighted by Gasteiger charge is -2.34. The highest BCUT2D eigenvalue weighted by Gasteiger charge is 2.32. The summed E-state index contributed by atoms with van der Waals surface area (Å²) in [5.74, 6) is 1.18. The van der Waals surface area contributed by atoms with E-state index in [1.54, 1.807) is 6.07 Å². The van der Waals surface area contributed by atoms with Crippen LogP contribution in [-0.4, -0.2) is 43.3 Å². The highest BCUT2D eigenvalue weighted by atomic mass is 35.5. The van der Waals surface area contributed by atoms with Gasteiger partial charge in [-0.2, -0.15) is 0 Å². The maximum absolute atomic E-state index is 13.1. The first-order valence-electron chi connectivity index (χ1n) is 10.3. The lowest BCUT2D eigenvalue weighted by molar-refractivity contribution is 0.110. The molecule has 27 heavy (non-hydrogen) atoms. The van der Waals surface area contributed by atoms with Crippen LogP contribution in [0.1, 0.15) is 51.9 Å². The highest BCUT2D eigenvalue weighted by molar-refractivity contribution is 6.32. The monoisotopic (exact) mass is 394 g/mol. The molecule has 5 nitrogen and oxygen atoms in total. The molecule has 1 N–H and O–H groups in total. The third-order valence-corrected chi connectivity index (χ3v) is 5.61. The summed E-state index contributed by atoms with van der Waals surface area (Å²) in [6.45, 7) is 4.34. The third kappa shape index (κ3) is 6.01. The van der Waals surface area contributed by atoms with Gasteiger partial charge in [0, 0.05) is 19.2 Å². The van der Waals surface area contributed by atoms with E-state index in [0.717, 1.165) is 19.4 Å². The van der Waals surface area contributed by atoms with Crippen LogP contribution in [0.5, 0.6) is 5.75 Å². The Kier molecular flexibility index (Phi) is 7.65. The molecule has 0 heterocycles. The van der Waals surface area contributed by atoms with Crippen LogP contribution in [0, 0.1) is 5.92 Å². The molecule has 2 saturated carbocycles. The van der Waals surface area contributed by atoms with Gasteiger partial charge in [0.25, 0.3) is 0 Å². The van der Waals surface area contributed by atoms with E-state index in [2.05, 4.69) is 10.2 Å². The normalized spacial score (nSPS) is 17.6. The fraction of sp³-hybridized carbons (Fsp3) is 0.667. The van der Waals surface area contributed by atoms with Gasteiger partial charge in [-0.15, -0.1) is 0 Å². The number of hydrogen-bond acceptors (Lipinski definition) is 3. The number of amides is 2. The van der Waals surface area contributed by atoms with Crippen LogP contribution in [0.25, 0.3) is 0 Å². The van der Waals surface area contributed by atoms with Gasteiger partial charge in [-0.3, -0.25) is 0 Å². The Hall–Kier alpha value is -1.46. The van der Waals surface area contributed by atoms with Gasteiger partial charge in [0.1, 0.15) is 6.61 Å². The summed E-state index contributed by atoms with van der Waals surface area (Å²) in [7, 11) is 0. The van der Waals surface area contributed by atoms with Crippen molar-refractivity contribution in [3.63, 3.8) is 0 Å². The number of nitrogens with one attached hydrogen (secondary N) is 1. The molecular weight excluding hydrogens is 364 g/mol. The Morgan fingerprint density at radius 1 is 1.19 bits per heavy atom. The van der Waals surface area contributed by atoms with Crippen LogP contribution in [0.4, 0.5) is 10.5 Å². The minimum Gasteiger partial charge on any atom is -0.487 e. The minimum absolute atomic E-state index is 0.0364. The molecule has 0 aliphatic heterocycles. The van der Waals surface area contributed by atoms with Gasteiger partial charge < -0.3 is 19.7 Å². The van der Waals surface area contributed by atoms with Crippen LogP contribution >= 0.6 is 11.6 Å². The molecule has 2 aliphatic rings. The van der Waals surface area contributed by atoms with E-state index in [4.69, 9.17) is 21.1 Å². The van der Waals surface area contributed by atoms with Gasteiger partial charge in [-0.05, 0) is 50.7 Å². The number of nitrogens with zero attached hydrogens (tertiary/aromatic N) is 1. The highest BCUT2D eigenvalue weighted by Crippen LogP contribution is 2.35. The van der Waals surface area contributed by atoms with E-state index in [0.29, 0.717) is 48.2 Å². The second kappa shape index (κ2) is 10.2. The summed E-state index contributed by atoms with van der Waals surface area (Å²) in [5.41, 5.74) is 0.626. The zero-order valence-corrected chi connectivity index (χ0v) is 17.0. The lowest BCUT2D eigenvalue weighted by Crippen LogP contribution is -2.45. The van der Waals surface area contributed by atoms with Gasteiger partial charge in [0.05, 0.1) is 17.3 Å². The fourth-order valence-electron chi connectivity index (χ4n) is 3.66. The number of ether oxygens (including phenoxy) is 2. The zero-order valence-electron chi connectivity index (χ0n) is 16.2. The van der Waals surface area contributed by atoms with Gasteiger partial charge in [-0.25, -0.2) is 4.79 Å². The molecule has 0 atom stereocenters. The maximum Gasteiger partial charge on any atom is 0.322 e. The Morgan fingerprint density at radius 2 is 1.96 bits per heavy atom. The van der Waals surface area contributed by atoms with Gasteiger partial charge in [0.2, 0.25) is 0 Å². The van der Waals surface area contributed by atoms with Gasteiger partial charge in [-0.1, -0.05) is 36.9 Å². The molecule has 2 fully saturated rings. The summed E-state index contributed by atoms with van der Waals surface area (Å²) in [6.07, 6.45) is 8.38. The van der Waals surface area contributed by atoms with Crippen molar-refractivity contribution in [2.24, 2.45) is 5.92 Å². The number of carbonyl (C=O) groups excluding carboxylic acids is 1. The Labute approximate surface area is 167 Å². The predicted molar refractivity (Wildman–Crippen MR) is 109 cm³/mol. The first kappa shape index (κ1) is 20.3. The quantitative estimate of drug-likeness (QED) is 0.575. The van der Waals surface area contributed by atoms with Crippen molar-refractivity contribution in [3.8, 4) is 5.75 Å². The molecule has 0 radical (unpaired) electrons. The maximum atomic E-state index is 13.1. The van der Waals surface area contributed by atoms with Crippen molar-refractivity contribution >= 4 is 23.3 Å². The van der Waals surface area contributed by atoms with E-state index >= 15 is 0 Å². The Balaban J connectivity index is 1.67. The molecule has 0 unspecified atom stereocenters. The molecule has 2 amide bonds. The lowest BCUT2D eigenvalue weighted by atomic mass is 9.94. The number of rotatable bonds is 9. The van der Waals surface area contributed by atoms with Gasteiger partial charge in [0.15, 0.2) is 5.75 Å². The molecule has 1 aromatic carbocycles. The molecule has 2 aliphatic carbocycles. The molecule has 1 aromatic rings. The summed E-state index contributed by atoms with van der Waals surface area (Å²) in [4.78, 5) is 15.2. The number of anilines is 1. The molecule has 3 rings (SSSR count).